The molecule has 3 rings (SSSR count). The number of nitrogens with zero attached hydrogens (tertiary/aromatic N) is 1. The molecule has 7 heteroatoms. The average molecular weight is 398 g/mol. The van der Waals surface area contributed by atoms with Crippen molar-refractivity contribution in [2.75, 3.05) is 34.4 Å². The molecule has 0 aliphatic carbocycles. The Labute approximate surface area is 170 Å². The van der Waals surface area contributed by atoms with E-state index in [4.69, 9.17) is 14.2 Å². The van der Waals surface area contributed by atoms with Gasteiger partial charge >= 0.3 is 0 Å². The van der Waals surface area contributed by atoms with Crippen LogP contribution in [0.15, 0.2) is 42.5 Å². The lowest BCUT2D eigenvalue weighted by atomic mass is 10.0. The summed E-state index contributed by atoms with van der Waals surface area (Å²) in [5.41, 5.74) is 1.12. The number of hydrogen-bond donors (Lipinski definition) is 1. The lowest BCUT2D eigenvalue weighted by Gasteiger charge is -2.32. The SMILES string of the molecule is COc1ccc(C(=O)NC2CCN(C(=O)c3cc(OC)cc(OC)c3)CC2)cc1. The number of hydrogen-bond acceptors (Lipinski definition) is 5. The van der Waals surface area contributed by atoms with Crippen molar-refractivity contribution in [3.8, 4) is 17.2 Å². The summed E-state index contributed by atoms with van der Waals surface area (Å²) < 4.78 is 15.6. The van der Waals surface area contributed by atoms with Crippen LogP contribution in [-0.4, -0.2) is 57.2 Å². The van der Waals surface area contributed by atoms with E-state index < -0.39 is 0 Å². The lowest BCUT2D eigenvalue weighted by molar-refractivity contribution is 0.0697. The molecule has 154 valence electrons. The van der Waals surface area contributed by atoms with Gasteiger partial charge in [-0.15, -0.1) is 0 Å². The van der Waals surface area contributed by atoms with E-state index in [0.717, 1.165) is 0 Å². The number of methoxy groups -OCH3 is 3. The van der Waals surface area contributed by atoms with Crippen LogP contribution < -0.4 is 19.5 Å². The number of carbonyl (C=O) groups is 2. The van der Waals surface area contributed by atoms with Crippen LogP contribution in [0.5, 0.6) is 17.2 Å². The Kier molecular flexibility index (Phi) is 6.59. The maximum Gasteiger partial charge on any atom is 0.254 e. The van der Waals surface area contributed by atoms with E-state index in [9.17, 15) is 9.59 Å². The fourth-order valence-electron chi connectivity index (χ4n) is 3.35. The van der Waals surface area contributed by atoms with Crippen LogP contribution in [0.4, 0.5) is 0 Å². The molecule has 0 spiro atoms. The second-order valence-electron chi connectivity index (χ2n) is 6.87. The van der Waals surface area contributed by atoms with Gasteiger partial charge in [0.2, 0.25) is 0 Å². The fourth-order valence-corrected chi connectivity index (χ4v) is 3.35. The van der Waals surface area contributed by atoms with E-state index in [1.165, 1.54) is 0 Å². The zero-order chi connectivity index (χ0) is 20.8. The predicted octanol–water partition coefficient (Wildman–Crippen LogP) is 2.75. The highest BCUT2D eigenvalue weighted by atomic mass is 16.5. The summed E-state index contributed by atoms with van der Waals surface area (Å²) in [4.78, 5) is 27.1. The van der Waals surface area contributed by atoms with Crippen molar-refractivity contribution in [3.63, 3.8) is 0 Å². The Morgan fingerprint density at radius 1 is 0.828 bits per heavy atom. The maximum absolute atomic E-state index is 12.9. The molecule has 0 atom stereocenters. The van der Waals surface area contributed by atoms with Gasteiger partial charge in [0.1, 0.15) is 17.2 Å². The molecule has 2 aromatic carbocycles. The van der Waals surface area contributed by atoms with Gasteiger partial charge in [0.05, 0.1) is 21.3 Å². The van der Waals surface area contributed by atoms with Crippen molar-refractivity contribution in [2.24, 2.45) is 0 Å². The van der Waals surface area contributed by atoms with Crippen LogP contribution in [0, 0.1) is 0 Å². The predicted molar refractivity (Wildman–Crippen MR) is 109 cm³/mol. The molecule has 1 aliphatic heterocycles. The molecule has 1 heterocycles. The number of carbonyl (C=O) groups excluding carboxylic acids is 2. The summed E-state index contributed by atoms with van der Waals surface area (Å²) in [5, 5.41) is 3.05. The molecule has 2 aromatic rings. The number of likely N-dealkylation sites (tertiary alicyclic amines) is 1. The molecule has 0 radical (unpaired) electrons. The number of rotatable bonds is 6. The van der Waals surface area contributed by atoms with Gasteiger partial charge < -0.3 is 24.4 Å². The van der Waals surface area contributed by atoms with E-state index in [0.29, 0.717) is 54.3 Å². The maximum atomic E-state index is 12.9. The van der Waals surface area contributed by atoms with E-state index in [1.807, 2.05) is 0 Å². The molecule has 1 N–H and O–H groups in total. The average Bonchev–Trinajstić information content (AvgIpc) is 2.78. The molecule has 1 aliphatic rings. The first-order chi connectivity index (χ1) is 14.0. The molecule has 0 bridgehead atoms. The van der Waals surface area contributed by atoms with Gasteiger partial charge in [0.15, 0.2) is 0 Å². The molecular formula is C22H26N2O5. The van der Waals surface area contributed by atoms with Crippen molar-refractivity contribution in [1.29, 1.82) is 0 Å². The van der Waals surface area contributed by atoms with Crippen molar-refractivity contribution in [1.82, 2.24) is 10.2 Å². The summed E-state index contributed by atoms with van der Waals surface area (Å²) in [5.74, 6) is 1.68. The van der Waals surface area contributed by atoms with Gasteiger partial charge in [-0.2, -0.15) is 0 Å². The van der Waals surface area contributed by atoms with Crippen molar-refractivity contribution >= 4 is 11.8 Å². The number of nitrogens with one attached hydrogen (secondary N) is 1. The Morgan fingerprint density at radius 2 is 1.38 bits per heavy atom. The second kappa shape index (κ2) is 9.32. The molecule has 7 nitrogen and oxygen atoms in total. The molecule has 1 saturated heterocycles. The molecule has 0 saturated carbocycles. The van der Waals surface area contributed by atoms with Crippen LogP contribution in [0.1, 0.15) is 33.6 Å². The summed E-state index contributed by atoms with van der Waals surface area (Å²) in [6.07, 6.45) is 1.41. The van der Waals surface area contributed by atoms with Gasteiger partial charge in [-0.05, 0) is 49.2 Å². The Bertz CT molecular complexity index is 836. The van der Waals surface area contributed by atoms with Crippen LogP contribution in [0.25, 0.3) is 0 Å². The van der Waals surface area contributed by atoms with E-state index in [1.54, 1.807) is 68.7 Å². The molecule has 0 unspecified atom stereocenters. The van der Waals surface area contributed by atoms with Crippen molar-refractivity contribution in [3.05, 3.63) is 53.6 Å². The van der Waals surface area contributed by atoms with Crippen LogP contribution in [0.2, 0.25) is 0 Å². The molecule has 0 aromatic heterocycles. The third kappa shape index (κ3) is 4.99. The van der Waals surface area contributed by atoms with Gasteiger partial charge in [0.25, 0.3) is 11.8 Å². The highest BCUT2D eigenvalue weighted by Gasteiger charge is 2.25. The second-order valence-corrected chi connectivity index (χ2v) is 6.87. The number of ether oxygens (including phenoxy) is 3. The Hall–Kier alpha value is -3.22. The lowest BCUT2D eigenvalue weighted by Crippen LogP contribution is -2.46. The number of amides is 2. The third-order valence-corrected chi connectivity index (χ3v) is 5.07. The first kappa shape index (κ1) is 20.5. The zero-order valence-electron chi connectivity index (χ0n) is 16.9. The zero-order valence-corrected chi connectivity index (χ0v) is 16.9. The first-order valence-corrected chi connectivity index (χ1v) is 9.51. The minimum Gasteiger partial charge on any atom is -0.497 e. The van der Waals surface area contributed by atoms with E-state index in [2.05, 4.69) is 5.32 Å². The summed E-state index contributed by atoms with van der Waals surface area (Å²) in [6, 6.07) is 12.2. The standard InChI is InChI=1S/C22H26N2O5/c1-27-18-6-4-15(5-7-18)21(25)23-17-8-10-24(11-9-17)22(26)16-12-19(28-2)14-20(13-16)29-3/h4-7,12-14,17H,8-11H2,1-3H3,(H,23,25). The first-order valence-electron chi connectivity index (χ1n) is 9.51. The highest BCUT2D eigenvalue weighted by molar-refractivity contribution is 5.95. The quantitative estimate of drug-likeness (QED) is 0.810. The summed E-state index contributed by atoms with van der Waals surface area (Å²) in [7, 11) is 4.70. The fraction of sp³-hybridized carbons (Fsp3) is 0.364. The van der Waals surface area contributed by atoms with E-state index in [-0.39, 0.29) is 17.9 Å². The van der Waals surface area contributed by atoms with Crippen molar-refractivity contribution in [2.45, 2.75) is 18.9 Å². The summed E-state index contributed by atoms with van der Waals surface area (Å²) in [6.45, 7) is 1.15. The molecule has 1 fully saturated rings. The smallest absolute Gasteiger partial charge is 0.254 e. The number of benzene rings is 2. The normalized spacial score (nSPS) is 14.2. The van der Waals surface area contributed by atoms with Gasteiger partial charge in [-0.3, -0.25) is 9.59 Å². The van der Waals surface area contributed by atoms with Gasteiger partial charge in [0, 0.05) is 36.3 Å². The topological polar surface area (TPSA) is 77.1 Å². The molecule has 29 heavy (non-hydrogen) atoms. The van der Waals surface area contributed by atoms with Gasteiger partial charge in [-0.25, -0.2) is 0 Å². The highest BCUT2D eigenvalue weighted by Crippen LogP contribution is 2.24. The van der Waals surface area contributed by atoms with Crippen molar-refractivity contribution < 1.29 is 23.8 Å². The largest absolute Gasteiger partial charge is 0.497 e. The van der Waals surface area contributed by atoms with E-state index >= 15 is 0 Å². The van der Waals surface area contributed by atoms with Gasteiger partial charge in [-0.1, -0.05) is 0 Å². The van der Waals surface area contributed by atoms with Crippen LogP contribution >= 0.6 is 0 Å². The third-order valence-electron chi connectivity index (χ3n) is 5.07. The Morgan fingerprint density at radius 3 is 1.90 bits per heavy atom. The molecule has 2 amide bonds. The van der Waals surface area contributed by atoms with Crippen LogP contribution in [-0.2, 0) is 0 Å². The minimum atomic E-state index is -0.116. The minimum absolute atomic E-state index is 0.0356. The Balaban J connectivity index is 1.57. The monoisotopic (exact) mass is 398 g/mol. The number of piperidine rings is 1. The molecular weight excluding hydrogens is 372 g/mol. The summed E-state index contributed by atoms with van der Waals surface area (Å²) >= 11 is 0. The van der Waals surface area contributed by atoms with Crippen LogP contribution in [0.3, 0.4) is 0 Å².